The van der Waals surface area contributed by atoms with Gasteiger partial charge in [0.25, 0.3) is 11.5 Å². The fourth-order valence-corrected chi connectivity index (χ4v) is 3.72. The molecule has 3 aromatic heterocycles. The molecule has 5 aromatic rings. The van der Waals surface area contributed by atoms with Crippen LogP contribution in [0.3, 0.4) is 0 Å². The Kier molecular flexibility index (Phi) is 5.98. The van der Waals surface area contributed by atoms with Gasteiger partial charge in [-0.1, -0.05) is 29.3 Å². The molecule has 0 saturated heterocycles. The molecule has 0 radical (unpaired) electrons. The van der Waals surface area contributed by atoms with Crippen LogP contribution < -0.4 is 15.6 Å². The zero-order valence-electron chi connectivity index (χ0n) is 18.2. The van der Waals surface area contributed by atoms with Crippen molar-refractivity contribution in [3.63, 3.8) is 0 Å². The third kappa shape index (κ3) is 4.75. The number of H-pyrrole nitrogens is 1. The number of hydrogen-bond acceptors (Lipinski definition) is 6. The number of benzene rings is 2. The maximum Gasteiger partial charge on any atom is 0.263 e. The first-order chi connectivity index (χ1) is 16.9. The van der Waals surface area contributed by atoms with Crippen LogP contribution in [0.1, 0.15) is 5.69 Å². The fraction of sp³-hybridized carbons (Fsp3) is 0.0870. The molecule has 0 bridgehead atoms. The molecule has 10 nitrogen and oxygen atoms in total. The van der Waals surface area contributed by atoms with E-state index in [1.165, 1.54) is 15.6 Å². The number of aryl methyl sites for hydroxylation is 1. The Morgan fingerprint density at radius 2 is 1.89 bits per heavy atom. The molecular weight excluding hydrogens is 493 g/mol. The second-order valence-corrected chi connectivity index (χ2v) is 8.41. The third-order valence-corrected chi connectivity index (χ3v) is 5.45. The minimum atomic E-state index is -0.423. The molecule has 35 heavy (non-hydrogen) atoms. The normalized spacial score (nSPS) is 11.1. The van der Waals surface area contributed by atoms with Gasteiger partial charge in [-0.2, -0.15) is 19.9 Å². The van der Waals surface area contributed by atoms with Gasteiger partial charge in [-0.05, 0) is 49.4 Å². The molecule has 0 atom stereocenters. The quantitative estimate of drug-likeness (QED) is 0.357. The molecule has 0 unspecified atom stereocenters. The van der Waals surface area contributed by atoms with Gasteiger partial charge in [0.2, 0.25) is 5.95 Å². The second-order valence-electron chi connectivity index (χ2n) is 7.54. The highest BCUT2D eigenvalue weighted by Crippen LogP contribution is 2.20. The summed E-state index contributed by atoms with van der Waals surface area (Å²) in [5.41, 5.74) is 1.14. The minimum Gasteiger partial charge on any atom is -0.484 e. The van der Waals surface area contributed by atoms with Crippen LogP contribution in [-0.2, 0) is 4.79 Å². The Morgan fingerprint density at radius 3 is 2.66 bits per heavy atom. The first-order valence-electron chi connectivity index (χ1n) is 10.4. The SMILES string of the molecule is Cc1cc(NC(=O)COc2ccc(Cl)cc2)n(-c2nc3c(cnn3-c3cccc(Cl)c3)c(=O)[nH]2)n1. The smallest absolute Gasteiger partial charge is 0.263 e. The number of aromatic amines is 1. The first kappa shape index (κ1) is 22.6. The van der Waals surface area contributed by atoms with Crippen molar-refractivity contribution < 1.29 is 9.53 Å². The number of carbonyl (C=O) groups excluding carboxylic acids is 1. The molecule has 5 rings (SSSR count). The molecular formula is C23H17Cl2N7O3. The standard InChI is InChI=1S/C23H17Cl2N7O3/c1-13-9-19(27-20(33)12-35-17-7-5-14(24)6-8-17)32(30-13)23-28-21-18(22(34)29-23)11-26-31(21)16-4-2-3-15(25)10-16/h2-11H,12H2,1H3,(H,27,33)(H,28,29,34). The van der Waals surface area contributed by atoms with Gasteiger partial charge < -0.3 is 10.1 Å². The van der Waals surface area contributed by atoms with Gasteiger partial charge in [0.15, 0.2) is 12.3 Å². The average Bonchev–Trinajstić information content (AvgIpc) is 3.42. The number of nitrogens with zero attached hydrogens (tertiary/aromatic N) is 5. The van der Waals surface area contributed by atoms with E-state index in [1.807, 2.05) is 0 Å². The highest BCUT2D eigenvalue weighted by Gasteiger charge is 2.17. The molecule has 1 amide bonds. The summed E-state index contributed by atoms with van der Waals surface area (Å²) in [6.07, 6.45) is 1.43. The highest BCUT2D eigenvalue weighted by molar-refractivity contribution is 6.31. The Morgan fingerprint density at radius 1 is 1.09 bits per heavy atom. The van der Waals surface area contributed by atoms with Crippen molar-refractivity contribution in [2.24, 2.45) is 0 Å². The number of amides is 1. The van der Waals surface area contributed by atoms with Crippen LogP contribution in [0.2, 0.25) is 10.0 Å². The molecule has 0 aliphatic heterocycles. The van der Waals surface area contributed by atoms with Gasteiger partial charge in [-0.25, -0.2) is 4.68 Å². The molecule has 3 heterocycles. The van der Waals surface area contributed by atoms with Crippen LogP contribution in [0, 0.1) is 6.92 Å². The lowest BCUT2D eigenvalue weighted by Crippen LogP contribution is -2.23. The number of hydrogen-bond donors (Lipinski definition) is 2. The first-order valence-corrected chi connectivity index (χ1v) is 11.1. The van der Waals surface area contributed by atoms with Crippen LogP contribution in [0.15, 0.2) is 65.6 Å². The Labute approximate surface area is 208 Å². The number of nitrogens with one attached hydrogen (secondary N) is 2. The molecule has 2 N–H and O–H groups in total. The van der Waals surface area contributed by atoms with Crippen molar-refractivity contribution >= 4 is 46.0 Å². The van der Waals surface area contributed by atoms with E-state index in [9.17, 15) is 9.59 Å². The van der Waals surface area contributed by atoms with Gasteiger partial charge in [0.05, 0.1) is 17.6 Å². The third-order valence-electron chi connectivity index (χ3n) is 4.96. The van der Waals surface area contributed by atoms with Gasteiger partial charge in [0, 0.05) is 16.1 Å². The van der Waals surface area contributed by atoms with E-state index in [0.717, 1.165) is 0 Å². The summed E-state index contributed by atoms with van der Waals surface area (Å²) in [5.74, 6) is 0.491. The topological polar surface area (TPSA) is 120 Å². The van der Waals surface area contributed by atoms with E-state index in [1.54, 1.807) is 61.5 Å². The van der Waals surface area contributed by atoms with Gasteiger partial charge in [-0.3, -0.25) is 14.6 Å². The zero-order valence-corrected chi connectivity index (χ0v) is 19.7. The molecule has 0 aliphatic carbocycles. The predicted octanol–water partition coefficient (Wildman–Crippen LogP) is 3.93. The number of anilines is 1. The molecule has 0 spiro atoms. The fourth-order valence-electron chi connectivity index (χ4n) is 3.41. The van der Waals surface area contributed by atoms with Crippen molar-refractivity contribution in [1.82, 2.24) is 29.5 Å². The maximum absolute atomic E-state index is 12.8. The molecule has 2 aromatic carbocycles. The molecule has 0 aliphatic rings. The van der Waals surface area contributed by atoms with Crippen molar-refractivity contribution in [1.29, 1.82) is 0 Å². The van der Waals surface area contributed by atoms with Crippen molar-refractivity contribution in [2.75, 3.05) is 11.9 Å². The lowest BCUT2D eigenvalue weighted by molar-refractivity contribution is -0.118. The average molecular weight is 510 g/mol. The van der Waals surface area contributed by atoms with E-state index >= 15 is 0 Å². The van der Waals surface area contributed by atoms with Gasteiger partial charge in [-0.15, -0.1) is 0 Å². The predicted molar refractivity (Wildman–Crippen MR) is 132 cm³/mol. The lowest BCUT2D eigenvalue weighted by atomic mass is 10.3. The van der Waals surface area contributed by atoms with Crippen LogP contribution in [-0.4, -0.2) is 42.0 Å². The highest BCUT2D eigenvalue weighted by atomic mass is 35.5. The van der Waals surface area contributed by atoms with Gasteiger partial charge >= 0.3 is 0 Å². The van der Waals surface area contributed by atoms with Crippen LogP contribution >= 0.6 is 23.2 Å². The number of ether oxygens (including phenoxy) is 1. The number of fused-ring (bicyclic) bond motifs is 1. The molecule has 0 fully saturated rings. The molecule has 176 valence electrons. The monoisotopic (exact) mass is 509 g/mol. The zero-order chi connectivity index (χ0) is 24.5. The van der Waals surface area contributed by atoms with Gasteiger partial charge in [0.1, 0.15) is 17.0 Å². The second kappa shape index (κ2) is 9.24. The summed E-state index contributed by atoms with van der Waals surface area (Å²) in [4.78, 5) is 32.6. The number of rotatable bonds is 6. The summed E-state index contributed by atoms with van der Waals surface area (Å²) < 4.78 is 8.34. The summed E-state index contributed by atoms with van der Waals surface area (Å²) >= 11 is 12.0. The summed E-state index contributed by atoms with van der Waals surface area (Å²) in [6.45, 7) is 1.51. The number of aromatic nitrogens is 6. The summed E-state index contributed by atoms with van der Waals surface area (Å²) in [5, 5.41) is 12.8. The lowest BCUT2D eigenvalue weighted by Gasteiger charge is -2.10. The van der Waals surface area contributed by atoms with E-state index in [2.05, 4.69) is 25.5 Å². The minimum absolute atomic E-state index is 0.105. The van der Waals surface area contributed by atoms with Crippen LogP contribution in [0.25, 0.3) is 22.7 Å². The largest absolute Gasteiger partial charge is 0.484 e. The summed E-state index contributed by atoms with van der Waals surface area (Å²) in [7, 11) is 0. The van der Waals surface area contributed by atoms with Crippen molar-refractivity contribution in [3.05, 3.63) is 86.9 Å². The maximum atomic E-state index is 12.8. The number of halogens is 2. The molecule has 12 heteroatoms. The Hall–Kier alpha value is -4.15. The number of carbonyl (C=O) groups is 1. The van der Waals surface area contributed by atoms with Crippen LogP contribution in [0.5, 0.6) is 5.75 Å². The van der Waals surface area contributed by atoms with E-state index in [0.29, 0.717) is 44.0 Å². The van der Waals surface area contributed by atoms with Crippen LogP contribution in [0.4, 0.5) is 5.82 Å². The van der Waals surface area contributed by atoms with E-state index in [-0.39, 0.29) is 12.6 Å². The van der Waals surface area contributed by atoms with Crippen molar-refractivity contribution in [3.8, 4) is 17.4 Å². The molecule has 0 saturated carbocycles. The van der Waals surface area contributed by atoms with E-state index < -0.39 is 11.5 Å². The Bertz CT molecular complexity index is 1610. The Balaban J connectivity index is 1.45. The van der Waals surface area contributed by atoms with Crippen molar-refractivity contribution in [2.45, 2.75) is 6.92 Å². The van der Waals surface area contributed by atoms with E-state index in [4.69, 9.17) is 27.9 Å². The summed E-state index contributed by atoms with van der Waals surface area (Å²) in [6, 6.07) is 15.3.